The zero-order valence-electron chi connectivity index (χ0n) is 16.7. The van der Waals surface area contributed by atoms with Crippen molar-refractivity contribution in [1.82, 2.24) is 4.40 Å². The van der Waals surface area contributed by atoms with Crippen LogP contribution in [-0.2, 0) is 0 Å². The van der Waals surface area contributed by atoms with Crippen molar-refractivity contribution in [2.75, 3.05) is 18.0 Å². The van der Waals surface area contributed by atoms with E-state index in [0.29, 0.717) is 29.2 Å². The standard InChI is InChI=1S/C22H26FN3O3/c1-11-18-14(13-3-4-13)7-15(21(28)29)20(27)26(18)8-16(23)19(11)25-9-17(24)12(2)22(10-25)5-6-22/h7-8,12-13,17H,3-6,9-10,24H2,1-2H3,(H,28,29)/t12-,17-/m1/s1. The van der Waals surface area contributed by atoms with Crippen LogP contribution in [0.1, 0.15) is 60.0 Å². The highest BCUT2D eigenvalue weighted by Gasteiger charge is 2.53. The Morgan fingerprint density at radius 1 is 1.34 bits per heavy atom. The molecule has 3 N–H and O–H groups in total. The number of pyridine rings is 2. The highest BCUT2D eigenvalue weighted by Crippen LogP contribution is 2.56. The Morgan fingerprint density at radius 2 is 2.03 bits per heavy atom. The van der Waals surface area contributed by atoms with Gasteiger partial charge < -0.3 is 15.7 Å². The number of piperidine rings is 1. The lowest BCUT2D eigenvalue weighted by Crippen LogP contribution is -2.54. The van der Waals surface area contributed by atoms with Gasteiger partial charge in [0.05, 0.1) is 17.4 Å². The minimum Gasteiger partial charge on any atom is -0.477 e. The number of hydrogen-bond acceptors (Lipinski definition) is 4. The molecular formula is C22H26FN3O3. The number of nitrogens with zero attached hydrogens (tertiary/aromatic N) is 2. The van der Waals surface area contributed by atoms with Crippen molar-refractivity contribution in [1.29, 1.82) is 0 Å². The predicted molar refractivity (Wildman–Crippen MR) is 108 cm³/mol. The summed E-state index contributed by atoms with van der Waals surface area (Å²) < 4.78 is 16.5. The first kappa shape index (κ1) is 18.6. The summed E-state index contributed by atoms with van der Waals surface area (Å²) in [6.07, 6.45) is 5.30. The molecular weight excluding hydrogens is 373 g/mol. The van der Waals surface area contributed by atoms with Crippen LogP contribution in [0.4, 0.5) is 10.1 Å². The minimum atomic E-state index is -1.28. The lowest BCUT2D eigenvalue weighted by molar-refractivity contribution is 0.0694. The van der Waals surface area contributed by atoms with Gasteiger partial charge in [-0.3, -0.25) is 9.20 Å². The van der Waals surface area contributed by atoms with E-state index < -0.39 is 17.3 Å². The van der Waals surface area contributed by atoms with Crippen molar-refractivity contribution in [2.24, 2.45) is 17.1 Å². The average Bonchev–Trinajstić information content (AvgIpc) is 3.56. The fourth-order valence-corrected chi connectivity index (χ4v) is 5.29. The molecule has 0 radical (unpaired) electrons. The minimum absolute atomic E-state index is 0.0271. The summed E-state index contributed by atoms with van der Waals surface area (Å²) in [5.74, 6) is -1.15. The van der Waals surface area contributed by atoms with E-state index >= 15 is 4.39 Å². The van der Waals surface area contributed by atoms with Crippen molar-refractivity contribution >= 4 is 17.2 Å². The number of carbonyl (C=O) groups is 1. The molecule has 6 nitrogen and oxygen atoms in total. The molecule has 0 bridgehead atoms. The molecule has 1 aliphatic heterocycles. The van der Waals surface area contributed by atoms with Gasteiger partial charge in [-0.1, -0.05) is 6.92 Å². The Labute approximate surface area is 168 Å². The number of aromatic nitrogens is 1. The van der Waals surface area contributed by atoms with Crippen LogP contribution in [0.25, 0.3) is 5.52 Å². The Bertz CT molecular complexity index is 1100. The van der Waals surface area contributed by atoms with E-state index in [0.717, 1.165) is 37.8 Å². The Hall–Kier alpha value is -2.41. The maximum atomic E-state index is 15.3. The second-order valence-electron chi connectivity index (χ2n) is 9.26. The Balaban J connectivity index is 1.72. The van der Waals surface area contributed by atoms with E-state index in [9.17, 15) is 14.7 Å². The molecule has 2 aliphatic carbocycles. The van der Waals surface area contributed by atoms with E-state index in [1.54, 1.807) is 0 Å². The number of carboxylic acids is 1. The fourth-order valence-electron chi connectivity index (χ4n) is 5.29. The van der Waals surface area contributed by atoms with E-state index in [-0.39, 0.29) is 22.9 Å². The summed E-state index contributed by atoms with van der Waals surface area (Å²) in [7, 11) is 0. The molecule has 0 unspecified atom stereocenters. The van der Waals surface area contributed by atoms with Gasteiger partial charge >= 0.3 is 5.97 Å². The van der Waals surface area contributed by atoms with Gasteiger partial charge in [0.2, 0.25) is 0 Å². The predicted octanol–water partition coefficient (Wildman–Crippen LogP) is 2.89. The van der Waals surface area contributed by atoms with Crippen LogP contribution in [-0.4, -0.2) is 34.6 Å². The molecule has 5 rings (SSSR count). The summed E-state index contributed by atoms with van der Waals surface area (Å²) >= 11 is 0. The van der Waals surface area contributed by atoms with Gasteiger partial charge in [-0.15, -0.1) is 0 Å². The summed E-state index contributed by atoms with van der Waals surface area (Å²) in [6, 6.07) is 1.47. The van der Waals surface area contributed by atoms with Crippen molar-refractivity contribution in [3.05, 3.63) is 45.1 Å². The molecule has 2 aromatic rings. The highest BCUT2D eigenvalue weighted by atomic mass is 19.1. The third-order valence-electron chi connectivity index (χ3n) is 7.44. The van der Waals surface area contributed by atoms with Gasteiger partial charge in [0, 0.05) is 19.1 Å². The molecule has 154 valence electrons. The first-order chi connectivity index (χ1) is 13.7. The molecule has 2 aromatic heterocycles. The van der Waals surface area contributed by atoms with Gasteiger partial charge in [-0.2, -0.15) is 0 Å². The smallest absolute Gasteiger partial charge is 0.341 e. The number of carboxylic acid groups (broad SMARTS) is 1. The molecule has 1 saturated heterocycles. The third-order valence-corrected chi connectivity index (χ3v) is 7.44. The topological polar surface area (TPSA) is 88.0 Å². The summed E-state index contributed by atoms with van der Waals surface area (Å²) in [5.41, 5.74) is 8.26. The van der Waals surface area contributed by atoms with Gasteiger partial charge in [0.25, 0.3) is 5.56 Å². The molecule has 7 heteroatoms. The molecule has 3 aliphatic rings. The van der Waals surface area contributed by atoms with E-state index in [1.807, 2.05) is 6.92 Å². The van der Waals surface area contributed by atoms with Gasteiger partial charge in [-0.05, 0) is 67.1 Å². The van der Waals surface area contributed by atoms with Crippen LogP contribution in [0.2, 0.25) is 0 Å². The van der Waals surface area contributed by atoms with Gasteiger partial charge in [0.15, 0.2) is 5.82 Å². The van der Waals surface area contributed by atoms with Crippen LogP contribution in [0.5, 0.6) is 0 Å². The average molecular weight is 399 g/mol. The Kier molecular flexibility index (Phi) is 3.88. The van der Waals surface area contributed by atoms with E-state index in [2.05, 4.69) is 11.8 Å². The second-order valence-corrected chi connectivity index (χ2v) is 9.26. The molecule has 0 aromatic carbocycles. The number of anilines is 1. The normalized spacial score (nSPS) is 25.6. The number of fused-ring (bicyclic) bond motifs is 1. The molecule has 0 amide bonds. The molecule has 1 spiro atoms. The summed E-state index contributed by atoms with van der Waals surface area (Å²) in [6.45, 7) is 5.37. The zero-order valence-corrected chi connectivity index (χ0v) is 16.7. The Morgan fingerprint density at radius 3 is 2.62 bits per heavy atom. The van der Waals surface area contributed by atoms with Gasteiger partial charge in [-0.25, -0.2) is 9.18 Å². The SMILES string of the molecule is Cc1c(N2C[C@@H](N)[C@@H](C)C3(CC3)C2)c(F)cn2c(=O)c(C(=O)O)cc(C3CC3)c12. The quantitative estimate of drug-likeness (QED) is 0.829. The molecule has 2 atom stereocenters. The summed E-state index contributed by atoms with van der Waals surface area (Å²) in [5, 5.41) is 9.44. The van der Waals surface area contributed by atoms with Crippen molar-refractivity contribution < 1.29 is 14.3 Å². The number of aromatic carboxylic acids is 1. The number of halogens is 1. The number of nitrogens with two attached hydrogens (primary N) is 1. The second kappa shape index (κ2) is 6.05. The van der Waals surface area contributed by atoms with Crippen LogP contribution in [0.15, 0.2) is 17.1 Å². The lowest BCUT2D eigenvalue weighted by Gasteiger charge is -2.43. The molecule has 29 heavy (non-hydrogen) atoms. The van der Waals surface area contributed by atoms with Crippen molar-refractivity contribution in [2.45, 2.75) is 51.5 Å². The van der Waals surface area contributed by atoms with Crippen LogP contribution in [0, 0.1) is 24.1 Å². The number of rotatable bonds is 3. The largest absolute Gasteiger partial charge is 0.477 e. The maximum absolute atomic E-state index is 15.3. The van der Waals surface area contributed by atoms with Crippen LogP contribution >= 0.6 is 0 Å². The number of aryl methyl sites for hydroxylation is 1. The fraction of sp³-hybridized carbons (Fsp3) is 0.545. The highest BCUT2D eigenvalue weighted by molar-refractivity contribution is 5.89. The van der Waals surface area contributed by atoms with Crippen LogP contribution < -0.4 is 16.2 Å². The number of hydrogen-bond donors (Lipinski definition) is 2. The van der Waals surface area contributed by atoms with Gasteiger partial charge in [0.1, 0.15) is 5.56 Å². The first-order valence-corrected chi connectivity index (χ1v) is 10.4. The molecule has 2 saturated carbocycles. The van der Waals surface area contributed by atoms with E-state index in [1.165, 1.54) is 16.7 Å². The summed E-state index contributed by atoms with van der Waals surface area (Å²) in [4.78, 5) is 26.4. The monoisotopic (exact) mass is 399 g/mol. The van der Waals surface area contributed by atoms with Crippen molar-refractivity contribution in [3.63, 3.8) is 0 Å². The molecule has 3 heterocycles. The van der Waals surface area contributed by atoms with Crippen LogP contribution in [0.3, 0.4) is 0 Å². The lowest BCUT2D eigenvalue weighted by atomic mass is 9.80. The maximum Gasteiger partial charge on any atom is 0.341 e. The zero-order chi connectivity index (χ0) is 20.7. The van der Waals surface area contributed by atoms with Crippen molar-refractivity contribution in [3.8, 4) is 0 Å². The first-order valence-electron chi connectivity index (χ1n) is 10.4. The molecule has 3 fully saturated rings. The third kappa shape index (κ3) is 2.70. The van der Waals surface area contributed by atoms with E-state index in [4.69, 9.17) is 5.73 Å².